The number of nitrogens with zero attached hydrogens (tertiary/aromatic N) is 2. The van der Waals surface area contributed by atoms with E-state index in [2.05, 4.69) is 10.3 Å². The first-order valence-electron chi connectivity index (χ1n) is 6.49. The van der Waals surface area contributed by atoms with Crippen molar-refractivity contribution in [1.82, 2.24) is 10.2 Å². The summed E-state index contributed by atoms with van der Waals surface area (Å²) in [6.45, 7) is 3.58. The Bertz CT molecular complexity index is 146. The van der Waals surface area contributed by atoms with Gasteiger partial charge in [0.2, 0.25) is 0 Å². The molecule has 0 spiro atoms. The van der Waals surface area contributed by atoms with E-state index < -0.39 is 0 Å². The topological polar surface area (TPSA) is 184 Å². The molecule has 0 aromatic heterocycles. The van der Waals surface area contributed by atoms with Gasteiger partial charge in [0.25, 0.3) is 0 Å². The molecule has 0 fully saturated rings. The molecule has 0 saturated heterocycles. The van der Waals surface area contributed by atoms with Crippen molar-refractivity contribution in [3.8, 4) is 0 Å². The molecule has 20 heavy (non-hydrogen) atoms. The summed E-state index contributed by atoms with van der Waals surface area (Å²) in [6, 6.07) is 0. The van der Waals surface area contributed by atoms with Gasteiger partial charge in [0.1, 0.15) is 0 Å². The van der Waals surface area contributed by atoms with Crippen LogP contribution in [0.4, 0.5) is 0 Å². The number of nitrogens with one attached hydrogen (secondary N) is 1. The van der Waals surface area contributed by atoms with Crippen LogP contribution in [0.2, 0.25) is 0 Å². The summed E-state index contributed by atoms with van der Waals surface area (Å²) >= 11 is 0. The van der Waals surface area contributed by atoms with E-state index in [4.69, 9.17) is 34.4 Å². The molecule has 0 aliphatic heterocycles. The minimum absolute atomic E-state index is 0.597. The van der Waals surface area contributed by atoms with Gasteiger partial charge in [0.15, 0.2) is 5.96 Å². The smallest absolute Gasteiger partial charge is 0.192 e. The Kier molecular flexibility index (Phi) is 42.2. The molecule has 0 bridgehead atoms. The van der Waals surface area contributed by atoms with Crippen molar-refractivity contribution in [3.63, 3.8) is 0 Å². The predicted octanol–water partition coefficient (Wildman–Crippen LogP) is -3.54. The SMILES string of the molecule is CN=C(NC)N(C)C.NCCN.NCCN.NCCN. The molecule has 0 saturated carbocycles. The van der Waals surface area contributed by atoms with Gasteiger partial charge in [-0.25, -0.2) is 0 Å². The molecule has 0 amide bonds. The summed E-state index contributed by atoms with van der Waals surface area (Å²) < 4.78 is 0. The molecular weight excluding hydrogens is 258 g/mol. The monoisotopic (exact) mass is 295 g/mol. The van der Waals surface area contributed by atoms with Crippen LogP contribution in [0, 0.1) is 0 Å². The molecule has 13 N–H and O–H groups in total. The van der Waals surface area contributed by atoms with E-state index in [9.17, 15) is 0 Å². The molecule has 0 rings (SSSR count). The van der Waals surface area contributed by atoms with Crippen LogP contribution in [-0.2, 0) is 0 Å². The van der Waals surface area contributed by atoms with Gasteiger partial charge >= 0.3 is 0 Å². The third-order valence-electron chi connectivity index (χ3n) is 1.36. The third-order valence-corrected chi connectivity index (χ3v) is 1.36. The molecule has 0 aliphatic rings. The Balaban J connectivity index is -0.0000000917. The van der Waals surface area contributed by atoms with Gasteiger partial charge in [-0.15, -0.1) is 0 Å². The number of hydrogen-bond acceptors (Lipinski definition) is 7. The van der Waals surface area contributed by atoms with Crippen LogP contribution in [0.5, 0.6) is 0 Å². The zero-order valence-corrected chi connectivity index (χ0v) is 13.6. The molecule has 0 unspecified atom stereocenters. The maximum Gasteiger partial charge on any atom is 0.192 e. The normalized spacial score (nSPS) is 9.00. The van der Waals surface area contributed by atoms with E-state index in [1.165, 1.54) is 0 Å². The van der Waals surface area contributed by atoms with Gasteiger partial charge in [-0.1, -0.05) is 0 Å². The highest BCUT2D eigenvalue weighted by molar-refractivity contribution is 5.78. The van der Waals surface area contributed by atoms with E-state index in [-0.39, 0.29) is 0 Å². The van der Waals surface area contributed by atoms with Crippen LogP contribution in [0.15, 0.2) is 4.99 Å². The lowest BCUT2D eigenvalue weighted by molar-refractivity contribution is 0.596. The molecule has 0 aromatic carbocycles. The molecule has 9 heteroatoms. The van der Waals surface area contributed by atoms with Gasteiger partial charge in [-0.3, -0.25) is 4.99 Å². The van der Waals surface area contributed by atoms with Gasteiger partial charge in [0, 0.05) is 67.5 Å². The number of hydrogen-bond donors (Lipinski definition) is 7. The molecule has 0 radical (unpaired) electrons. The van der Waals surface area contributed by atoms with Crippen LogP contribution < -0.4 is 39.7 Å². The van der Waals surface area contributed by atoms with Crippen LogP contribution in [-0.4, -0.2) is 78.3 Å². The van der Waals surface area contributed by atoms with Crippen LogP contribution >= 0.6 is 0 Å². The van der Waals surface area contributed by atoms with Crippen LogP contribution in [0.25, 0.3) is 0 Å². The van der Waals surface area contributed by atoms with Crippen LogP contribution in [0.1, 0.15) is 0 Å². The lowest BCUT2D eigenvalue weighted by atomic mass is 10.7. The van der Waals surface area contributed by atoms with Gasteiger partial charge < -0.3 is 44.6 Å². The fourth-order valence-corrected chi connectivity index (χ4v) is 0.535. The highest BCUT2D eigenvalue weighted by atomic mass is 15.2. The molecule has 9 nitrogen and oxygen atoms in total. The number of guanidine groups is 1. The Morgan fingerprint density at radius 3 is 1.05 bits per heavy atom. The second kappa shape index (κ2) is 30.8. The maximum absolute atomic E-state index is 4.90. The number of nitrogens with two attached hydrogens (primary N) is 6. The maximum atomic E-state index is 4.90. The Labute approximate surface area is 124 Å². The predicted molar refractivity (Wildman–Crippen MR) is 90.4 cm³/mol. The van der Waals surface area contributed by atoms with Crippen molar-refractivity contribution in [3.05, 3.63) is 0 Å². The van der Waals surface area contributed by atoms with Gasteiger partial charge in [-0.05, 0) is 0 Å². The highest BCUT2D eigenvalue weighted by Gasteiger charge is 1.91. The number of aliphatic imine (C=N–C) groups is 1. The minimum Gasteiger partial charge on any atom is -0.359 e. The van der Waals surface area contributed by atoms with Crippen molar-refractivity contribution >= 4 is 5.96 Å². The minimum atomic E-state index is 0.597. The summed E-state index contributed by atoms with van der Waals surface area (Å²) in [4.78, 5) is 5.85. The molecule has 0 aliphatic carbocycles. The second-order valence-electron chi connectivity index (χ2n) is 3.42. The zero-order chi connectivity index (χ0) is 16.8. The molecule has 0 heterocycles. The van der Waals surface area contributed by atoms with E-state index in [1.807, 2.05) is 26.0 Å². The van der Waals surface area contributed by atoms with Gasteiger partial charge in [-0.2, -0.15) is 0 Å². The van der Waals surface area contributed by atoms with Crippen LogP contribution in [0.3, 0.4) is 0 Å². The van der Waals surface area contributed by atoms with E-state index in [0.29, 0.717) is 39.3 Å². The van der Waals surface area contributed by atoms with E-state index in [1.54, 1.807) is 7.05 Å². The Hall–Kier alpha value is -0.970. The molecule has 0 aromatic rings. The average Bonchev–Trinajstić information content (AvgIpc) is 2.48. The van der Waals surface area contributed by atoms with Crippen molar-refractivity contribution < 1.29 is 0 Å². The zero-order valence-electron chi connectivity index (χ0n) is 13.6. The molecule has 126 valence electrons. The fourth-order valence-electron chi connectivity index (χ4n) is 0.535. The second-order valence-corrected chi connectivity index (χ2v) is 3.42. The van der Waals surface area contributed by atoms with Gasteiger partial charge in [0.05, 0.1) is 0 Å². The summed E-state index contributed by atoms with van der Waals surface area (Å²) in [5.74, 6) is 0.894. The van der Waals surface area contributed by atoms with E-state index >= 15 is 0 Å². The average molecular weight is 295 g/mol. The lowest BCUT2D eigenvalue weighted by Gasteiger charge is -2.12. The van der Waals surface area contributed by atoms with E-state index in [0.717, 1.165) is 5.96 Å². The van der Waals surface area contributed by atoms with Crippen molar-refractivity contribution in [2.45, 2.75) is 0 Å². The first-order valence-corrected chi connectivity index (χ1v) is 6.49. The van der Waals surface area contributed by atoms with Crippen molar-refractivity contribution in [2.24, 2.45) is 39.4 Å². The Morgan fingerprint density at radius 2 is 1.05 bits per heavy atom. The Morgan fingerprint density at radius 1 is 0.800 bits per heavy atom. The third kappa shape index (κ3) is 43.5. The first-order chi connectivity index (χ1) is 9.46. The summed E-state index contributed by atoms with van der Waals surface area (Å²) in [5.41, 5.74) is 29.4. The summed E-state index contributed by atoms with van der Waals surface area (Å²) in [5, 5.41) is 2.93. The lowest BCUT2D eigenvalue weighted by Crippen LogP contribution is -2.33. The van der Waals surface area contributed by atoms with Crippen molar-refractivity contribution in [1.29, 1.82) is 0 Å². The molecular formula is C11H37N9. The summed E-state index contributed by atoms with van der Waals surface area (Å²) in [7, 11) is 7.49. The largest absolute Gasteiger partial charge is 0.359 e. The molecule has 0 atom stereocenters. The number of rotatable bonds is 3. The highest BCUT2D eigenvalue weighted by Crippen LogP contribution is 1.73. The summed E-state index contributed by atoms with van der Waals surface area (Å²) in [6.07, 6.45) is 0. The van der Waals surface area contributed by atoms with Crippen molar-refractivity contribution in [2.75, 3.05) is 67.5 Å². The quantitative estimate of drug-likeness (QED) is 0.206. The first kappa shape index (κ1) is 27.4. The standard InChI is InChI=1S/C5H13N3.3C2H8N2/c1-6-5(7-2)8(3)4;3*3-1-2-4/h1-4H3,(H,6,7);3*1-4H2. The fraction of sp³-hybridized carbons (Fsp3) is 0.909.